The third kappa shape index (κ3) is 4.58. The van der Waals surface area contributed by atoms with Gasteiger partial charge in [0, 0.05) is 19.4 Å². The molecule has 16 heavy (non-hydrogen) atoms. The second-order valence-electron chi connectivity index (χ2n) is 4.60. The second kappa shape index (κ2) is 6.97. The quantitative estimate of drug-likeness (QED) is 0.739. The van der Waals surface area contributed by atoms with Crippen molar-refractivity contribution < 1.29 is 0 Å². The zero-order valence-corrected chi connectivity index (χ0v) is 11.5. The minimum Gasteiger partial charge on any atom is -0.337 e. The molecular weight excluding hydrogens is 218 g/mol. The SMILES string of the molecule is CC(CCS)CCN(C)Cc1nccn1C. The van der Waals surface area contributed by atoms with Crippen LogP contribution in [0.2, 0.25) is 0 Å². The molecule has 4 heteroatoms. The third-order valence-electron chi connectivity index (χ3n) is 2.96. The molecule has 0 saturated carbocycles. The maximum absolute atomic E-state index is 4.33. The largest absolute Gasteiger partial charge is 0.337 e. The molecule has 0 amide bonds. The van der Waals surface area contributed by atoms with Gasteiger partial charge >= 0.3 is 0 Å². The number of nitrogens with zero attached hydrogens (tertiary/aromatic N) is 3. The zero-order chi connectivity index (χ0) is 12.0. The number of hydrogen-bond acceptors (Lipinski definition) is 3. The molecular formula is C12H23N3S. The molecule has 1 heterocycles. The van der Waals surface area contributed by atoms with Gasteiger partial charge in [-0.05, 0) is 38.1 Å². The van der Waals surface area contributed by atoms with E-state index in [-0.39, 0.29) is 0 Å². The first-order valence-corrected chi connectivity index (χ1v) is 6.52. The fraction of sp³-hybridized carbons (Fsp3) is 0.750. The third-order valence-corrected chi connectivity index (χ3v) is 3.22. The summed E-state index contributed by atoms with van der Waals surface area (Å²) in [5.41, 5.74) is 0. The summed E-state index contributed by atoms with van der Waals surface area (Å²) in [5, 5.41) is 0. The van der Waals surface area contributed by atoms with Crippen molar-refractivity contribution in [1.82, 2.24) is 14.5 Å². The van der Waals surface area contributed by atoms with Gasteiger partial charge in [0.1, 0.15) is 5.82 Å². The van der Waals surface area contributed by atoms with Crippen LogP contribution in [0.3, 0.4) is 0 Å². The minimum atomic E-state index is 0.765. The van der Waals surface area contributed by atoms with Crippen molar-refractivity contribution in [3.05, 3.63) is 18.2 Å². The highest BCUT2D eigenvalue weighted by molar-refractivity contribution is 7.80. The summed E-state index contributed by atoms with van der Waals surface area (Å²) in [5.74, 6) is 2.88. The van der Waals surface area contributed by atoms with Crippen molar-refractivity contribution in [2.45, 2.75) is 26.3 Å². The first kappa shape index (κ1) is 13.6. The van der Waals surface area contributed by atoms with Gasteiger partial charge < -0.3 is 4.57 Å². The van der Waals surface area contributed by atoms with Gasteiger partial charge in [-0.1, -0.05) is 6.92 Å². The van der Waals surface area contributed by atoms with Crippen LogP contribution in [0.1, 0.15) is 25.6 Å². The van der Waals surface area contributed by atoms with Crippen LogP contribution in [0.25, 0.3) is 0 Å². The standard InChI is InChI=1S/C12H23N3S/c1-11(5-9-16)4-7-14(2)10-12-13-6-8-15(12)3/h6,8,11,16H,4-5,7,9-10H2,1-3H3. The Hall–Kier alpha value is -0.480. The molecule has 1 rings (SSSR count). The lowest BCUT2D eigenvalue weighted by molar-refractivity contribution is 0.287. The van der Waals surface area contributed by atoms with E-state index in [2.05, 4.69) is 41.1 Å². The van der Waals surface area contributed by atoms with Gasteiger partial charge in [0.05, 0.1) is 6.54 Å². The van der Waals surface area contributed by atoms with Crippen LogP contribution in [-0.2, 0) is 13.6 Å². The molecule has 92 valence electrons. The summed E-state index contributed by atoms with van der Waals surface area (Å²) in [7, 11) is 4.20. The minimum absolute atomic E-state index is 0.765. The van der Waals surface area contributed by atoms with Crippen molar-refractivity contribution in [3.63, 3.8) is 0 Å². The summed E-state index contributed by atoms with van der Waals surface area (Å²) in [6.07, 6.45) is 6.29. The predicted octanol–water partition coefficient (Wildman–Crippen LogP) is 2.20. The number of aryl methyl sites for hydroxylation is 1. The molecule has 0 radical (unpaired) electrons. The fourth-order valence-electron chi connectivity index (χ4n) is 1.67. The van der Waals surface area contributed by atoms with Crippen LogP contribution < -0.4 is 0 Å². The Morgan fingerprint density at radius 1 is 1.50 bits per heavy atom. The lowest BCUT2D eigenvalue weighted by atomic mass is 10.1. The van der Waals surface area contributed by atoms with Crippen molar-refractivity contribution >= 4 is 12.6 Å². The van der Waals surface area contributed by atoms with Gasteiger partial charge in [-0.2, -0.15) is 12.6 Å². The molecule has 0 aliphatic rings. The summed E-state index contributed by atoms with van der Waals surface area (Å²) in [6.45, 7) is 4.35. The van der Waals surface area contributed by atoms with Gasteiger partial charge in [0.2, 0.25) is 0 Å². The van der Waals surface area contributed by atoms with Crippen molar-refractivity contribution in [3.8, 4) is 0 Å². The predicted molar refractivity (Wildman–Crippen MR) is 71.8 cm³/mol. The monoisotopic (exact) mass is 241 g/mol. The molecule has 0 aromatic carbocycles. The summed E-state index contributed by atoms with van der Waals surface area (Å²) < 4.78 is 2.08. The second-order valence-corrected chi connectivity index (χ2v) is 5.05. The van der Waals surface area contributed by atoms with Crippen LogP contribution in [0.5, 0.6) is 0 Å². The van der Waals surface area contributed by atoms with E-state index in [4.69, 9.17) is 0 Å². The van der Waals surface area contributed by atoms with Crippen LogP contribution in [0, 0.1) is 5.92 Å². The topological polar surface area (TPSA) is 21.1 Å². The molecule has 0 bridgehead atoms. The molecule has 0 saturated heterocycles. The summed E-state index contributed by atoms with van der Waals surface area (Å²) in [6, 6.07) is 0. The molecule has 0 fully saturated rings. The smallest absolute Gasteiger partial charge is 0.122 e. The highest BCUT2D eigenvalue weighted by atomic mass is 32.1. The Labute approximate surface area is 104 Å². The van der Waals surface area contributed by atoms with Crippen LogP contribution in [-0.4, -0.2) is 33.8 Å². The Morgan fingerprint density at radius 3 is 2.81 bits per heavy atom. The lowest BCUT2D eigenvalue weighted by Gasteiger charge is -2.18. The average molecular weight is 241 g/mol. The van der Waals surface area contributed by atoms with Gasteiger partial charge in [0.25, 0.3) is 0 Å². The Bertz CT molecular complexity index is 298. The van der Waals surface area contributed by atoms with E-state index in [1.807, 2.05) is 19.4 Å². The van der Waals surface area contributed by atoms with E-state index in [0.29, 0.717) is 0 Å². The Morgan fingerprint density at radius 2 is 2.25 bits per heavy atom. The highest BCUT2D eigenvalue weighted by Crippen LogP contribution is 2.09. The number of thiol groups is 1. The first-order chi connectivity index (χ1) is 7.63. The molecule has 1 unspecified atom stereocenters. The lowest BCUT2D eigenvalue weighted by Crippen LogP contribution is -2.22. The van der Waals surface area contributed by atoms with Crippen LogP contribution in [0.4, 0.5) is 0 Å². The molecule has 1 aromatic rings. The van der Waals surface area contributed by atoms with Crippen molar-refractivity contribution in [2.75, 3.05) is 19.3 Å². The molecule has 3 nitrogen and oxygen atoms in total. The summed E-state index contributed by atoms with van der Waals surface area (Å²) in [4.78, 5) is 6.66. The Balaban J connectivity index is 2.26. The average Bonchev–Trinajstić information content (AvgIpc) is 2.62. The molecule has 0 aliphatic carbocycles. The number of aromatic nitrogens is 2. The van der Waals surface area contributed by atoms with Gasteiger partial charge in [-0.3, -0.25) is 4.90 Å². The van der Waals surface area contributed by atoms with E-state index in [1.165, 1.54) is 12.8 Å². The summed E-state index contributed by atoms with van der Waals surface area (Å²) >= 11 is 4.26. The molecule has 0 N–H and O–H groups in total. The highest BCUT2D eigenvalue weighted by Gasteiger charge is 2.06. The van der Waals surface area contributed by atoms with Gasteiger partial charge in [0.15, 0.2) is 0 Å². The van der Waals surface area contributed by atoms with E-state index in [9.17, 15) is 0 Å². The van der Waals surface area contributed by atoms with E-state index < -0.39 is 0 Å². The maximum Gasteiger partial charge on any atom is 0.122 e. The number of hydrogen-bond donors (Lipinski definition) is 1. The fourth-order valence-corrected chi connectivity index (χ4v) is 2.12. The van der Waals surface area contributed by atoms with E-state index >= 15 is 0 Å². The van der Waals surface area contributed by atoms with Crippen molar-refractivity contribution in [2.24, 2.45) is 13.0 Å². The van der Waals surface area contributed by atoms with E-state index in [0.717, 1.165) is 30.6 Å². The molecule has 0 spiro atoms. The van der Waals surface area contributed by atoms with E-state index in [1.54, 1.807) is 0 Å². The molecule has 1 atom stereocenters. The zero-order valence-electron chi connectivity index (χ0n) is 10.6. The first-order valence-electron chi connectivity index (χ1n) is 5.89. The molecule has 0 aliphatic heterocycles. The Kier molecular flexibility index (Phi) is 5.91. The number of imidazole rings is 1. The molecule has 1 aromatic heterocycles. The van der Waals surface area contributed by atoms with Crippen LogP contribution in [0.15, 0.2) is 12.4 Å². The van der Waals surface area contributed by atoms with Gasteiger partial charge in [-0.25, -0.2) is 4.98 Å². The van der Waals surface area contributed by atoms with Gasteiger partial charge in [-0.15, -0.1) is 0 Å². The maximum atomic E-state index is 4.33. The number of rotatable bonds is 7. The van der Waals surface area contributed by atoms with Crippen LogP contribution >= 0.6 is 12.6 Å². The normalized spacial score (nSPS) is 13.3. The van der Waals surface area contributed by atoms with Crippen molar-refractivity contribution in [1.29, 1.82) is 0 Å².